The van der Waals surface area contributed by atoms with E-state index >= 15 is 0 Å². The molecule has 31 heavy (non-hydrogen) atoms. The van der Waals surface area contributed by atoms with E-state index in [4.69, 9.17) is 15.1 Å². The minimum Gasteiger partial charge on any atom is -0.494 e. The number of hydrogen-bond donors (Lipinski definition) is 0. The molecule has 1 aliphatic carbocycles. The van der Waals surface area contributed by atoms with Gasteiger partial charge in [0, 0.05) is 23.5 Å². The molecule has 6 heteroatoms. The summed E-state index contributed by atoms with van der Waals surface area (Å²) in [6.45, 7) is 4.88. The van der Waals surface area contributed by atoms with E-state index in [1.807, 2.05) is 48.0 Å². The number of nitriles is 1. The largest absolute Gasteiger partial charge is 0.494 e. The predicted molar refractivity (Wildman–Crippen MR) is 120 cm³/mol. The molecule has 6 nitrogen and oxygen atoms in total. The highest BCUT2D eigenvalue weighted by Crippen LogP contribution is 2.30. The number of hydrogen-bond acceptors (Lipinski definition) is 4. The van der Waals surface area contributed by atoms with Gasteiger partial charge >= 0.3 is 0 Å². The van der Waals surface area contributed by atoms with Crippen LogP contribution in [0.5, 0.6) is 5.75 Å². The number of carbonyl (C=O) groups excluding carboxylic acids is 1. The Kier molecular flexibility index (Phi) is 6.03. The number of fused-ring (bicyclic) bond motifs is 1. The standard InChI is InChI=1S/C25H26N4O2/c1-3-31-21-14-12-19(13-15-21)28(17-5-16-26)25(30)24-22-6-4-7-23(22)29(27-24)20-10-8-18(2)9-11-20/h8-15H,3-7,17H2,1-2H3. The first-order valence-corrected chi connectivity index (χ1v) is 10.7. The van der Waals surface area contributed by atoms with Crippen molar-refractivity contribution in [2.45, 2.75) is 39.5 Å². The topological polar surface area (TPSA) is 71.2 Å². The lowest BCUT2D eigenvalue weighted by atomic mass is 10.1. The zero-order valence-corrected chi connectivity index (χ0v) is 18.0. The van der Waals surface area contributed by atoms with Crippen molar-refractivity contribution in [1.29, 1.82) is 5.26 Å². The van der Waals surface area contributed by atoms with Crippen molar-refractivity contribution >= 4 is 11.6 Å². The third kappa shape index (κ3) is 4.17. The number of anilines is 1. The number of aryl methyl sites for hydroxylation is 1. The van der Waals surface area contributed by atoms with Gasteiger partial charge in [-0.1, -0.05) is 17.7 Å². The van der Waals surface area contributed by atoms with Gasteiger partial charge in [0.15, 0.2) is 5.69 Å². The van der Waals surface area contributed by atoms with Gasteiger partial charge in [-0.25, -0.2) is 4.68 Å². The number of rotatable bonds is 7. The lowest BCUT2D eigenvalue weighted by Crippen LogP contribution is -2.32. The van der Waals surface area contributed by atoms with Crippen molar-refractivity contribution in [2.24, 2.45) is 0 Å². The maximum absolute atomic E-state index is 13.6. The van der Waals surface area contributed by atoms with Gasteiger partial charge in [-0.3, -0.25) is 4.79 Å². The maximum atomic E-state index is 13.6. The molecule has 1 heterocycles. The van der Waals surface area contributed by atoms with Gasteiger partial charge < -0.3 is 9.64 Å². The second-order valence-corrected chi connectivity index (χ2v) is 7.67. The zero-order valence-electron chi connectivity index (χ0n) is 18.0. The summed E-state index contributed by atoms with van der Waals surface area (Å²) in [6.07, 6.45) is 3.02. The summed E-state index contributed by atoms with van der Waals surface area (Å²) in [6, 6.07) is 17.7. The fourth-order valence-electron chi connectivity index (χ4n) is 4.04. The van der Waals surface area contributed by atoms with Crippen LogP contribution in [0.2, 0.25) is 0 Å². The number of amides is 1. The summed E-state index contributed by atoms with van der Waals surface area (Å²) >= 11 is 0. The number of carbonyl (C=O) groups is 1. The van der Waals surface area contributed by atoms with E-state index < -0.39 is 0 Å². The van der Waals surface area contributed by atoms with Crippen molar-refractivity contribution < 1.29 is 9.53 Å². The summed E-state index contributed by atoms with van der Waals surface area (Å²) in [5.41, 5.74) is 5.51. The van der Waals surface area contributed by atoms with E-state index in [2.05, 4.69) is 25.1 Å². The third-order valence-corrected chi connectivity index (χ3v) is 5.56. The molecule has 0 fully saturated rings. The number of nitrogens with zero attached hydrogens (tertiary/aromatic N) is 4. The first-order chi connectivity index (χ1) is 15.1. The van der Waals surface area contributed by atoms with Crippen LogP contribution < -0.4 is 9.64 Å². The van der Waals surface area contributed by atoms with Crippen molar-refractivity contribution in [3.63, 3.8) is 0 Å². The Bertz CT molecular complexity index is 1110. The highest BCUT2D eigenvalue weighted by Gasteiger charge is 2.30. The molecule has 1 aromatic heterocycles. The molecule has 0 atom stereocenters. The molecular weight excluding hydrogens is 388 g/mol. The summed E-state index contributed by atoms with van der Waals surface area (Å²) in [5, 5.41) is 13.9. The van der Waals surface area contributed by atoms with Crippen molar-refractivity contribution in [3.8, 4) is 17.5 Å². The van der Waals surface area contributed by atoms with Crippen molar-refractivity contribution in [2.75, 3.05) is 18.1 Å². The highest BCUT2D eigenvalue weighted by molar-refractivity contribution is 6.06. The lowest BCUT2D eigenvalue weighted by molar-refractivity contribution is 0.0981. The van der Waals surface area contributed by atoms with Crippen LogP contribution in [0.15, 0.2) is 48.5 Å². The number of benzene rings is 2. The second-order valence-electron chi connectivity index (χ2n) is 7.67. The Balaban J connectivity index is 1.71. The van der Waals surface area contributed by atoms with Gasteiger partial charge in [0.2, 0.25) is 0 Å². The van der Waals surface area contributed by atoms with Crippen LogP contribution in [0.3, 0.4) is 0 Å². The SMILES string of the molecule is CCOc1ccc(N(CCC#N)C(=O)c2nn(-c3ccc(C)cc3)c3c2CCC3)cc1. The summed E-state index contributed by atoms with van der Waals surface area (Å²) in [7, 11) is 0. The summed E-state index contributed by atoms with van der Waals surface area (Å²) in [4.78, 5) is 15.3. The van der Waals surface area contributed by atoms with E-state index in [-0.39, 0.29) is 12.3 Å². The first kappa shape index (κ1) is 20.7. The fourth-order valence-corrected chi connectivity index (χ4v) is 4.04. The lowest BCUT2D eigenvalue weighted by Gasteiger charge is -2.21. The minimum atomic E-state index is -0.163. The van der Waals surface area contributed by atoms with Crippen molar-refractivity contribution in [1.82, 2.24) is 9.78 Å². The smallest absolute Gasteiger partial charge is 0.279 e. The van der Waals surface area contributed by atoms with Crippen LogP contribution >= 0.6 is 0 Å². The molecule has 0 bridgehead atoms. The molecule has 0 unspecified atom stereocenters. The highest BCUT2D eigenvalue weighted by atomic mass is 16.5. The van der Waals surface area contributed by atoms with Crippen LogP contribution in [0, 0.1) is 18.3 Å². The molecule has 0 radical (unpaired) electrons. The van der Waals surface area contributed by atoms with Gasteiger partial charge in [-0.15, -0.1) is 0 Å². The number of aromatic nitrogens is 2. The average molecular weight is 415 g/mol. The van der Waals surface area contributed by atoms with Gasteiger partial charge in [0.25, 0.3) is 5.91 Å². The Morgan fingerprint density at radius 3 is 2.58 bits per heavy atom. The molecule has 0 spiro atoms. The van der Waals surface area contributed by atoms with Gasteiger partial charge in [0.1, 0.15) is 5.75 Å². The maximum Gasteiger partial charge on any atom is 0.279 e. The molecule has 0 aliphatic heterocycles. The molecule has 158 valence electrons. The van der Waals surface area contributed by atoms with E-state index in [0.29, 0.717) is 18.8 Å². The Hall–Kier alpha value is -3.59. The van der Waals surface area contributed by atoms with Gasteiger partial charge in [-0.05, 0) is 69.5 Å². The minimum absolute atomic E-state index is 0.163. The Labute approximate surface area is 182 Å². The van der Waals surface area contributed by atoms with Gasteiger partial charge in [-0.2, -0.15) is 10.4 Å². The predicted octanol–water partition coefficient (Wildman–Crippen LogP) is 4.63. The van der Waals surface area contributed by atoms with Crippen LogP contribution in [-0.2, 0) is 12.8 Å². The van der Waals surface area contributed by atoms with Crippen LogP contribution in [0.25, 0.3) is 5.69 Å². The van der Waals surface area contributed by atoms with Crippen LogP contribution in [-0.4, -0.2) is 28.8 Å². The first-order valence-electron chi connectivity index (χ1n) is 10.7. The van der Waals surface area contributed by atoms with Crippen LogP contribution in [0.1, 0.15) is 47.1 Å². The molecular formula is C25H26N4O2. The van der Waals surface area contributed by atoms with E-state index in [1.165, 1.54) is 5.56 Å². The second kappa shape index (κ2) is 9.05. The van der Waals surface area contributed by atoms with Gasteiger partial charge in [0.05, 0.1) is 24.8 Å². The normalized spacial score (nSPS) is 12.3. The molecule has 1 aliphatic rings. The van der Waals surface area contributed by atoms with E-state index in [0.717, 1.165) is 47.6 Å². The molecule has 3 aromatic rings. The van der Waals surface area contributed by atoms with E-state index in [1.54, 1.807) is 4.90 Å². The fraction of sp³-hybridized carbons (Fsp3) is 0.320. The number of ether oxygens (including phenoxy) is 1. The quantitative estimate of drug-likeness (QED) is 0.565. The molecule has 1 amide bonds. The molecule has 0 N–H and O–H groups in total. The molecule has 0 saturated carbocycles. The average Bonchev–Trinajstić information content (AvgIpc) is 3.39. The van der Waals surface area contributed by atoms with E-state index in [9.17, 15) is 4.79 Å². The zero-order chi connectivity index (χ0) is 21.8. The monoisotopic (exact) mass is 414 g/mol. The summed E-state index contributed by atoms with van der Waals surface area (Å²) in [5.74, 6) is 0.590. The third-order valence-electron chi connectivity index (χ3n) is 5.56. The Morgan fingerprint density at radius 1 is 1.16 bits per heavy atom. The molecule has 2 aromatic carbocycles. The van der Waals surface area contributed by atoms with Crippen LogP contribution in [0.4, 0.5) is 5.69 Å². The Morgan fingerprint density at radius 2 is 1.90 bits per heavy atom. The molecule has 4 rings (SSSR count). The van der Waals surface area contributed by atoms with Crippen molar-refractivity contribution in [3.05, 3.63) is 71.0 Å². The molecule has 0 saturated heterocycles. The summed E-state index contributed by atoms with van der Waals surface area (Å²) < 4.78 is 7.43.